The summed E-state index contributed by atoms with van der Waals surface area (Å²) < 4.78 is 2.67. The van der Waals surface area contributed by atoms with Crippen LogP contribution in [0.2, 0.25) is 0 Å². The van der Waals surface area contributed by atoms with Crippen LogP contribution in [0.3, 0.4) is 0 Å². The Bertz CT molecular complexity index is 2650. The van der Waals surface area contributed by atoms with Crippen LogP contribution in [0.15, 0.2) is 152 Å². The van der Waals surface area contributed by atoms with Gasteiger partial charge in [-0.2, -0.15) is 0 Å². The second-order valence-corrected chi connectivity index (χ2v) is 16.1. The molecule has 1 heterocycles. The highest BCUT2D eigenvalue weighted by atomic mass is 32.1. The standard InChI is InChI=1S/C48H37NS/c1-47(2)42-15-9-6-12-36(42)40-28-33(23-26-43(40)47)49(34-22-25-37-35-11-5-8-14-41(35)48(3,4)44(37)29-34)32-20-17-30(18-21-32)31-19-24-39-38-13-7-10-16-45(38)50-46(39)27-31/h5-29H,1-4H3. The molecule has 240 valence electrons. The van der Waals surface area contributed by atoms with Gasteiger partial charge in [-0.1, -0.05) is 131 Å². The van der Waals surface area contributed by atoms with E-state index in [1.54, 1.807) is 0 Å². The van der Waals surface area contributed by atoms with Gasteiger partial charge in [-0.25, -0.2) is 0 Å². The van der Waals surface area contributed by atoms with Crippen molar-refractivity contribution < 1.29 is 0 Å². The van der Waals surface area contributed by atoms with E-state index in [9.17, 15) is 0 Å². The number of benzene rings is 7. The number of anilines is 3. The summed E-state index contributed by atoms with van der Waals surface area (Å²) in [6.07, 6.45) is 0. The Hall–Kier alpha value is -5.44. The first-order valence-electron chi connectivity index (χ1n) is 17.6. The molecule has 0 atom stereocenters. The zero-order valence-electron chi connectivity index (χ0n) is 28.8. The molecule has 0 N–H and O–H groups in total. The van der Waals surface area contributed by atoms with E-state index in [-0.39, 0.29) is 10.8 Å². The topological polar surface area (TPSA) is 3.24 Å². The molecule has 0 aliphatic heterocycles. The Morgan fingerprint density at radius 3 is 1.70 bits per heavy atom. The fraction of sp³-hybridized carbons (Fsp3) is 0.125. The lowest BCUT2D eigenvalue weighted by Crippen LogP contribution is -2.17. The van der Waals surface area contributed by atoms with E-state index in [0.29, 0.717) is 0 Å². The van der Waals surface area contributed by atoms with Crippen LogP contribution in [0.1, 0.15) is 49.9 Å². The van der Waals surface area contributed by atoms with Gasteiger partial charge in [0.1, 0.15) is 0 Å². The van der Waals surface area contributed by atoms with Gasteiger partial charge >= 0.3 is 0 Å². The monoisotopic (exact) mass is 659 g/mol. The maximum absolute atomic E-state index is 2.45. The van der Waals surface area contributed by atoms with Crippen LogP contribution in [0.5, 0.6) is 0 Å². The summed E-state index contributed by atoms with van der Waals surface area (Å²) in [5.74, 6) is 0. The molecule has 0 fully saturated rings. The molecule has 2 aliphatic rings. The Morgan fingerprint density at radius 1 is 0.380 bits per heavy atom. The van der Waals surface area contributed by atoms with E-state index in [0.717, 1.165) is 5.69 Å². The van der Waals surface area contributed by atoms with Crippen molar-refractivity contribution in [3.05, 3.63) is 174 Å². The fourth-order valence-corrected chi connectivity index (χ4v) is 9.98. The third-order valence-electron chi connectivity index (χ3n) is 11.5. The molecule has 0 saturated carbocycles. The van der Waals surface area contributed by atoms with E-state index in [1.807, 2.05) is 11.3 Å². The number of thiophene rings is 1. The Labute approximate surface area is 298 Å². The predicted octanol–water partition coefficient (Wildman–Crippen LogP) is 13.8. The highest BCUT2D eigenvalue weighted by Crippen LogP contribution is 2.53. The van der Waals surface area contributed by atoms with E-state index in [4.69, 9.17) is 0 Å². The van der Waals surface area contributed by atoms with Gasteiger partial charge in [0.05, 0.1) is 0 Å². The predicted molar refractivity (Wildman–Crippen MR) is 215 cm³/mol. The van der Waals surface area contributed by atoms with Gasteiger partial charge in [0.2, 0.25) is 0 Å². The quantitative estimate of drug-likeness (QED) is 0.182. The molecule has 1 nitrogen and oxygen atoms in total. The molecule has 50 heavy (non-hydrogen) atoms. The smallest absolute Gasteiger partial charge is 0.0468 e. The zero-order valence-corrected chi connectivity index (χ0v) is 29.6. The molecule has 1 aromatic heterocycles. The number of nitrogens with zero attached hydrogens (tertiary/aromatic N) is 1. The maximum Gasteiger partial charge on any atom is 0.0468 e. The van der Waals surface area contributed by atoms with Crippen molar-refractivity contribution in [1.82, 2.24) is 0 Å². The zero-order chi connectivity index (χ0) is 33.8. The Kier molecular flexibility index (Phi) is 6.21. The van der Waals surface area contributed by atoms with Crippen molar-refractivity contribution in [2.45, 2.75) is 38.5 Å². The summed E-state index contributed by atoms with van der Waals surface area (Å²) in [5, 5.41) is 2.67. The molecule has 0 spiro atoms. The number of hydrogen-bond donors (Lipinski definition) is 0. The van der Waals surface area contributed by atoms with Crippen LogP contribution in [0.25, 0.3) is 53.6 Å². The minimum absolute atomic E-state index is 0.0319. The summed E-state index contributed by atoms with van der Waals surface area (Å²) in [6.45, 7) is 9.43. The van der Waals surface area contributed by atoms with Crippen molar-refractivity contribution in [1.29, 1.82) is 0 Å². The van der Waals surface area contributed by atoms with Gasteiger partial charge in [0, 0.05) is 48.1 Å². The Morgan fingerprint density at radius 2 is 0.920 bits per heavy atom. The first-order chi connectivity index (χ1) is 24.3. The molecule has 0 bridgehead atoms. The van der Waals surface area contributed by atoms with Crippen molar-refractivity contribution in [2.24, 2.45) is 0 Å². The normalized spacial score (nSPS) is 14.7. The molecule has 7 aromatic carbocycles. The van der Waals surface area contributed by atoms with Gasteiger partial charge in [0.15, 0.2) is 0 Å². The minimum Gasteiger partial charge on any atom is -0.310 e. The average Bonchev–Trinajstić information content (AvgIpc) is 3.71. The lowest BCUT2D eigenvalue weighted by atomic mass is 9.82. The van der Waals surface area contributed by atoms with Gasteiger partial charge in [-0.05, 0) is 104 Å². The van der Waals surface area contributed by atoms with Gasteiger partial charge in [0.25, 0.3) is 0 Å². The molecule has 2 aliphatic carbocycles. The highest BCUT2D eigenvalue weighted by Gasteiger charge is 2.37. The molecule has 2 heteroatoms. The third kappa shape index (κ3) is 4.18. The van der Waals surface area contributed by atoms with Crippen LogP contribution >= 0.6 is 11.3 Å². The van der Waals surface area contributed by atoms with E-state index in [2.05, 4.69) is 184 Å². The SMILES string of the molecule is CC1(C)c2ccccc2-c2cc(N(c3ccc(-c4ccc5c(c4)sc4ccccc45)cc3)c3ccc4c(c3)C(C)(C)c3ccccc3-4)ccc21. The molecule has 10 rings (SSSR count). The van der Waals surface area contributed by atoms with Crippen LogP contribution in [-0.4, -0.2) is 0 Å². The van der Waals surface area contributed by atoms with Crippen molar-refractivity contribution in [3.8, 4) is 33.4 Å². The molecule has 8 aromatic rings. The van der Waals surface area contributed by atoms with Crippen molar-refractivity contribution >= 4 is 48.6 Å². The number of fused-ring (bicyclic) bond motifs is 9. The first kappa shape index (κ1) is 29.5. The average molecular weight is 660 g/mol. The number of rotatable bonds is 4. The van der Waals surface area contributed by atoms with E-state index >= 15 is 0 Å². The summed E-state index contributed by atoms with van der Waals surface area (Å²) in [4.78, 5) is 2.45. The molecule has 0 unspecified atom stereocenters. The minimum atomic E-state index is -0.0798. The van der Waals surface area contributed by atoms with E-state index in [1.165, 1.54) is 87.2 Å². The van der Waals surface area contributed by atoms with Crippen molar-refractivity contribution in [2.75, 3.05) is 4.90 Å². The lowest BCUT2D eigenvalue weighted by Gasteiger charge is -2.29. The molecule has 0 saturated heterocycles. The summed E-state index contributed by atoms with van der Waals surface area (Å²) in [6, 6.07) is 56.8. The molecule has 0 amide bonds. The van der Waals surface area contributed by atoms with Gasteiger partial charge in [-0.15, -0.1) is 11.3 Å². The van der Waals surface area contributed by atoms with E-state index < -0.39 is 0 Å². The fourth-order valence-electron chi connectivity index (χ4n) is 8.83. The van der Waals surface area contributed by atoms with Gasteiger partial charge < -0.3 is 4.90 Å². The lowest BCUT2D eigenvalue weighted by molar-refractivity contribution is 0.660. The molecule has 0 radical (unpaired) electrons. The molecular formula is C48H37NS. The number of hydrogen-bond acceptors (Lipinski definition) is 2. The van der Waals surface area contributed by atoms with Crippen molar-refractivity contribution in [3.63, 3.8) is 0 Å². The molecular weight excluding hydrogens is 623 g/mol. The largest absolute Gasteiger partial charge is 0.310 e. The van der Waals surface area contributed by atoms with Crippen LogP contribution in [-0.2, 0) is 10.8 Å². The highest BCUT2D eigenvalue weighted by molar-refractivity contribution is 7.25. The van der Waals surface area contributed by atoms with Crippen LogP contribution in [0.4, 0.5) is 17.1 Å². The Balaban J connectivity index is 1.11. The third-order valence-corrected chi connectivity index (χ3v) is 12.6. The summed E-state index contributed by atoms with van der Waals surface area (Å²) >= 11 is 1.87. The first-order valence-corrected chi connectivity index (χ1v) is 18.4. The van der Waals surface area contributed by atoms with Crippen LogP contribution < -0.4 is 4.90 Å². The second-order valence-electron chi connectivity index (χ2n) is 15.0. The van der Waals surface area contributed by atoms with Crippen LogP contribution in [0, 0.1) is 0 Å². The maximum atomic E-state index is 2.45. The van der Waals surface area contributed by atoms with Gasteiger partial charge in [-0.3, -0.25) is 0 Å². The second kappa shape index (κ2) is 10.5. The summed E-state index contributed by atoms with van der Waals surface area (Å²) in [5.41, 5.74) is 16.8. The summed E-state index contributed by atoms with van der Waals surface area (Å²) in [7, 11) is 0.